The average Bonchev–Trinajstić information content (AvgIpc) is 2.44. The van der Waals surface area contributed by atoms with Gasteiger partial charge < -0.3 is 15.2 Å². The highest BCUT2D eigenvalue weighted by Crippen LogP contribution is 2.19. The summed E-state index contributed by atoms with van der Waals surface area (Å²) in [6, 6.07) is 5.37. The fraction of sp³-hybridized carbons (Fsp3) is 0.333. The third kappa shape index (κ3) is 4.51. The van der Waals surface area contributed by atoms with Gasteiger partial charge in [0.15, 0.2) is 0 Å². The van der Waals surface area contributed by atoms with E-state index in [0.29, 0.717) is 5.69 Å². The van der Waals surface area contributed by atoms with Crippen molar-refractivity contribution in [2.45, 2.75) is 26.4 Å². The highest BCUT2D eigenvalue weighted by Gasteiger charge is 2.13. The molecule has 0 aromatic heterocycles. The second kappa shape index (κ2) is 7.45. The number of aryl methyl sites for hydroxylation is 1. The summed E-state index contributed by atoms with van der Waals surface area (Å²) in [4.78, 5) is 22.3. The molecule has 1 atom stereocenters. The number of amides is 1. The second-order valence-electron chi connectivity index (χ2n) is 4.31. The van der Waals surface area contributed by atoms with Gasteiger partial charge in [0.05, 0.1) is 0 Å². The Morgan fingerprint density at radius 3 is 2.70 bits per heavy atom. The van der Waals surface area contributed by atoms with Crippen molar-refractivity contribution < 1.29 is 19.4 Å². The highest BCUT2D eigenvalue weighted by atomic mass is 16.5. The Bertz CT molecular complexity index is 523. The number of methoxy groups -OCH3 is 1. The van der Waals surface area contributed by atoms with Crippen LogP contribution in [0.3, 0.4) is 0 Å². The number of carboxylic acid groups (broad SMARTS) is 1. The Hall–Kier alpha value is -2.14. The monoisotopic (exact) mass is 277 g/mol. The lowest BCUT2D eigenvalue weighted by molar-refractivity contribution is -0.131. The molecular weight excluding hydrogens is 258 g/mol. The maximum absolute atomic E-state index is 11.8. The molecule has 0 heterocycles. The van der Waals surface area contributed by atoms with Gasteiger partial charge in [-0.1, -0.05) is 13.0 Å². The summed E-state index contributed by atoms with van der Waals surface area (Å²) in [5.74, 6) is -1.20. The molecule has 1 rings (SSSR count). The minimum absolute atomic E-state index is 0.212. The van der Waals surface area contributed by atoms with E-state index in [1.165, 1.54) is 13.2 Å². The zero-order valence-corrected chi connectivity index (χ0v) is 11.8. The third-order valence-corrected chi connectivity index (χ3v) is 2.91. The van der Waals surface area contributed by atoms with Gasteiger partial charge in [-0.2, -0.15) is 0 Å². The molecular formula is C15H19NO4. The largest absolute Gasteiger partial charge is 0.478 e. The molecule has 5 heteroatoms. The van der Waals surface area contributed by atoms with Crippen molar-refractivity contribution in [3.8, 4) is 0 Å². The fourth-order valence-electron chi connectivity index (χ4n) is 1.64. The van der Waals surface area contributed by atoms with Gasteiger partial charge in [0.25, 0.3) is 5.91 Å². The molecule has 0 aliphatic rings. The summed E-state index contributed by atoms with van der Waals surface area (Å²) >= 11 is 0. The summed E-state index contributed by atoms with van der Waals surface area (Å²) in [5, 5.41) is 11.4. The van der Waals surface area contributed by atoms with Crippen molar-refractivity contribution in [1.82, 2.24) is 0 Å². The van der Waals surface area contributed by atoms with Gasteiger partial charge in [-0.25, -0.2) is 4.79 Å². The molecule has 20 heavy (non-hydrogen) atoms. The van der Waals surface area contributed by atoms with E-state index in [1.807, 2.05) is 13.0 Å². The summed E-state index contributed by atoms with van der Waals surface area (Å²) in [6.07, 6.45) is 2.81. The zero-order chi connectivity index (χ0) is 15.1. The predicted molar refractivity (Wildman–Crippen MR) is 77.6 cm³/mol. The van der Waals surface area contributed by atoms with Crippen LogP contribution in [0.4, 0.5) is 5.69 Å². The van der Waals surface area contributed by atoms with Crippen LogP contribution in [0.15, 0.2) is 24.3 Å². The van der Waals surface area contributed by atoms with Gasteiger partial charge in [-0.05, 0) is 42.7 Å². The summed E-state index contributed by atoms with van der Waals surface area (Å²) in [5.41, 5.74) is 2.44. The molecule has 0 fully saturated rings. The SMILES string of the molecule is CCc1cc(/C=C/C(=O)O)ccc1NC(=O)C(C)OC. The van der Waals surface area contributed by atoms with Crippen LogP contribution in [0.1, 0.15) is 25.0 Å². The lowest BCUT2D eigenvalue weighted by atomic mass is 10.1. The van der Waals surface area contributed by atoms with E-state index >= 15 is 0 Å². The molecule has 0 saturated heterocycles. The molecule has 0 bridgehead atoms. The first-order chi connectivity index (χ1) is 9.47. The van der Waals surface area contributed by atoms with E-state index in [4.69, 9.17) is 9.84 Å². The van der Waals surface area contributed by atoms with Crippen molar-refractivity contribution in [2.75, 3.05) is 12.4 Å². The quantitative estimate of drug-likeness (QED) is 0.782. The third-order valence-electron chi connectivity index (χ3n) is 2.91. The molecule has 0 radical (unpaired) electrons. The van der Waals surface area contributed by atoms with Crippen LogP contribution in [0, 0.1) is 0 Å². The number of carbonyl (C=O) groups excluding carboxylic acids is 1. The fourth-order valence-corrected chi connectivity index (χ4v) is 1.64. The van der Waals surface area contributed by atoms with Crippen molar-refractivity contribution in [3.05, 3.63) is 35.4 Å². The van der Waals surface area contributed by atoms with Crippen LogP contribution in [0.25, 0.3) is 6.08 Å². The van der Waals surface area contributed by atoms with Crippen LogP contribution in [0.2, 0.25) is 0 Å². The Balaban J connectivity index is 2.93. The van der Waals surface area contributed by atoms with Gasteiger partial charge in [-0.3, -0.25) is 4.79 Å². The molecule has 1 amide bonds. The minimum Gasteiger partial charge on any atom is -0.478 e. The van der Waals surface area contributed by atoms with E-state index in [2.05, 4.69) is 5.32 Å². The molecule has 0 spiro atoms. The van der Waals surface area contributed by atoms with E-state index < -0.39 is 12.1 Å². The van der Waals surface area contributed by atoms with Crippen molar-refractivity contribution in [3.63, 3.8) is 0 Å². The first-order valence-corrected chi connectivity index (χ1v) is 6.35. The molecule has 2 N–H and O–H groups in total. The number of nitrogens with one attached hydrogen (secondary N) is 1. The lowest BCUT2D eigenvalue weighted by Gasteiger charge is -2.14. The molecule has 1 aromatic carbocycles. The molecule has 5 nitrogen and oxygen atoms in total. The number of carboxylic acids is 1. The maximum Gasteiger partial charge on any atom is 0.328 e. The summed E-state index contributed by atoms with van der Waals surface area (Å²) in [7, 11) is 1.48. The second-order valence-corrected chi connectivity index (χ2v) is 4.31. The van der Waals surface area contributed by atoms with Crippen LogP contribution < -0.4 is 5.32 Å². The first kappa shape index (κ1) is 15.9. The molecule has 0 aliphatic carbocycles. The minimum atomic E-state index is -0.991. The van der Waals surface area contributed by atoms with Crippen molar-refractivity contribution in [2.24, 2.45) is 0 Å². The first-order valence-electron chi connectivity index (χ1n) is 6.35. The summed E-state index contributed by atoms with van der Waals surface area (Å²) in [6.45, 7) is 3.64. The van der Waals surface area contributed by atoms with Gasteiger partial charge in [0.2, 0.25) is 0 Å². The van der Waals surface area contributed by atoms with Crippen LogP contribution >= 0.6 is 0 Å². The molecule has 108 valence electrons. The zero-order valence-electron chi connectivity index (χ0n) is 11.8. The summed E-state index contributed by atoms with van der Waals surface area (Å²) < 4.78 is 4.96. The Morgan fingerprint density at radius 2 is 2.15 bits per heavy atom. The normalized spacial score (nSPS) is 12.3. The van der Waals surface area contributed by atoms with E-state index in [1.54, 1.807) is 19.1 Å². The number of aliphatic carboxylic acids is 1. The molecule has 0 saturated carbocycles. The van der Waals surface area contributed by atoms with Crippen LogP contribution in [0.5, 0.6) is 0 Å². The Labute approximate surface area is 118 Å². The van der Waals surface area contributed by atoms with E-state index in [-0.39, 0.29) is 5.91 Å². The van der Waals surface area contributed by atoms with Crippen LogP contribution in [-0.2, 0) is 20.7 Å². The lowest BCUT2D eigenvalue weighted by Crippen LogP contribution is -2.27. The number of hydrogen-bond donors (Lipinski definition) is 2. The van der Waals surface area contributed by atoms with Crippen LogP contribution in [-0.4, -0.2) is 30.2 Å². The molecule has 1 aromatic rings. The van der Waals surface area contributed by atoms with Crippen molar-refractivity contribution in [1.29, 1.82) is 0 Å². The highest BCUT2D eigenvalue weighted by molar-refractivity contribution is 5.94. The number of anilines is 1. The Morgan fingerprint density at radius 1 is 1.45 bits per heavy atom. The van der Waals surface area contributed by atoms with Gasteiger partial charge in [0.1, 0.15) is 6.10 Å². The maximum atomic E-state index is 11.8. The standard InChI is InChI=1S/C15H19NO4/c1-4-12-9-11(6-8-14(17)18)5-7-13(12)16-15(19)10(2)20-3/h5-10H,4H2,1-3H3,(H,16,19)(H,17,18)/b8-6+. The van der Waals surface area contributed by atoms with Gasteiger partial charge in [-0.15, -0.1) is 0 Å². The number of carbonyl (C=O) groups is 2. The van der Waals surface area contributed by atoms with Crippen molar-refractivity contribution >= 4 is 23.6 Å². The average molecular weight is 277 g/mol. The van der Waals surface area contributed by atoms with E-state index in [9.17, 15) is 9.59 Å². The molecule has 1 unspecified atom stereocenters. The Kier molecular flexibility index (Phi) is 5.93. The van der Waals surface area contributed by atoms with E-state index in [0.717, 1.165) is 23.6 Å². The van der Waals surface area contributed by atoms with Gasteiger partial charge in [0, 0.05) is 18.9 Å². The topological polar surface area (TPSA) is 75.6 Å². The number of rotatable bonds is 6. The smallest absolute Gasteiger partial charge is 0.328 e. The molecule has 0 aliphatic heterocycles. The number of benzene rings is 1. The predicted octanol–water partition coefficient (Wildman–Crippen LogP) is 2.32. The number of hydrogen-bond acceptors (Lipinski definition) is 3. The number of ether oxygens (including phenoxy) is 1. The van der Waals surface area contributed by atoms with Gasteiger partial charge >= 0.3 is 5.97 Å².